The average molecular weight is 368 g/mol. The molecule has 0 radical (unpaired) electrons. The molecule has 1 aromatic carbocycles. The molecule has 0 aliphatic heterocycles. The number of halogens is 1. The van der Waals surface area contributed by atoms with Gasteiger partial charge in [0.05, 0.1) is 18.1 Å². The third kappa shape index (κ3) is 4.32. The van der Waals surface area contributed by atoms with Crippen molar-refractivity contribution >= 4 is 27.7 Å². The Morgan fingerprint density at radius 3 is 2.82 bits per heavy atom. The van der Waals surface area contributed by atoms with Crippen LogP contribution in [0.25, 0.3) is 0 Å². The molecule has 0 fully saturated rings. The van der Waals surface area contributed by atoms with Gasteiger partial charge in [-0.15, -0.1) is 0 Å². The number of aryl methyl sites for hydroxylation is 1. The molecular formula is C15H18BrN3O3. The number of rotatable bonds is 6. The quantitative estimate of drug-likeness (QED) is 0.820. The van der Waals surface area contributed by atoms with E-state index in [0.29, 0.717) is 11.6 Å². The third-order valence-electron chi connectivity index (χ3n) is 3.14. The number of benzene rings is 1. The van der Waals surface area contributed by atoms with Crippen LogP contribution in [0.15, 0.2) is 33.3 Å². The number of anilines is 1. The fraction of sp³-hybridized carbons (Fsp3) is 0.333. The van der Waals surface area contributed by atoms with Gasteiger partial charge in [-0.25, -0.2) is 0 Å². The first-order valence-corrected chi connectivity index (χ1v) is 7.59. The van der Waals surface area contributed by atoms with Crippen LogP contribution in [0.1, 0.15) is 24.3 Å². The molecule has 0 aliphatic carbocycles. The average Bonchev–Trinajstić information content (AvgIpc) is 2.89. The van der Waals surface area contributed by atoms with Gasteiger partial charge in [0.15, 0.2) is 5.82 Å². The van der Waals surface area contributed by atoms with Gasteiger partial charge in [-0.3, -0.25) is 4.79 Å². The topological polar surface area (TPSA) is 76.4 Å². The Bertz CT molecular complexity index is 657. The van der Waals surface area contributed by atoms with E-state index in [-0.39, 0.29) is 18.5 Å². The van der Waals surface area contributed by atoms with Crippen molar-refractivity contribution in [2.24, 2.45) is 0 Å². The number of methoxy groups -OCH3 is 1. The van der Waals surface area contributed by atoms with Gasteiger partial charge in [0, 0.05) is 12.1 Å². The maximum Gasteiger partial charge on any atom is 0.239 e. The second-order valence-corrected chi connectivity index (χ2v) is 5.72. The molecule has 6 nitrogen and oxygen atoms in total. The molecular weight excluding hydrogens is 350 g/mol. The lowest BCUT2D eigenvalue weighted by Crippen LogP contribution is -2.30. The standard InChI is InChI=1S/C15H18BrN3O3/c1-9-6-14(19-22-9)18-15(20)8-17-10(2)11-4-5-13(21-3)12(16)7-11/h4-7,10,17H,8H2,1-3H3,(H,18,19,20). The van der Waals surface area contributed by atoms with Gasteiger partial charge in [0.2, 0.25) is 5.91 Å². The summed E-state index contributed by atoms with van der Waals surface area (Å²) in [5, 5.41) is 9.54. The maximum atomic E-state index is 11.8. The highest BCUT2D eigenvalue weighted by atomic mass is 79.9. The zero-order valence-electron chi connectivity index (χ0n) is 12.6. The van der Waals surface area contributed by atoms with Crippen molar-refractivity contribution in [3.63, 3.8) is 0 Å². The highest BCUT2D eigenvalue weighted by Crippen LogP contribution is 2.27. The van der Waals surface area contributed by atoms with Crippen LogP contribution in [0.3, 0.4) is 0 Å². The van der Waals surface area contributed by atoms with Gasteiger partial charge >= 0.3 is 0 Å². The minimum absolute atomic E-state index is 0.0204. The molecule has 1 aromatic heterocycles. The number of ether oxygens (including phenoxy) is 1. The molecule has 2 rings (SSSR count). The second-order valence-electron chi connectivity index (χ2n) is 4.87. The summed E-state index contributed by atoms with van der Waals surface area (Å²) in [5.41, 5.74) is 1.05. The Morgan fingerprint density at radius 2 is 2.23 bits per heavy atom. The molecule has 1 atom stereocenters. The lowest BCUT2D eigenvalue weighted by atomic mass is 10.1. The van der Waals surface area contributed by atoms with E-state index in [9.17, 15) is 4.79 Å². The van der Waals surface area contributed by atoms with Crippen LogP contribution in [-0.2, 0) is 4.79 Å². The van der Waals surface area contributed by atoms with Crippen molar-refractivity contribution in [1.29, 1.82) is 0 Å². The molecule has 1 amide bonds. The Hall–Kier alpha value is -1.86. The largest absolute Gasteiger partial charge is 0.496 e. The zero-order valence-corrected chi connectivity index (χ0v) is 14.2. The van der Waals surface area contributed by atoms with Gasteiger partial charge < -0.3 is 19.9 Å². The van der Waals surface area contributed by atoms with E-state index < -0.39 is 0 Å². The van der Waals surface area contributed by atoms with E-state index in [1.807, 2.05) is 25.1 Å². The summed E-state index contributed by atoms with van der Waals surface area (Å²) in [6.07, 6.45) is 0. The van der Waals surface area contributed by atoms with Crippen molar-refractivity contribution in [3.05, 3.63) is 40.1 Å². The first kappa shape index (κ1) is 16.5. The number of carbonyl (C=O) groups excluding carboxylic acids is 1. The molecule has 0 saturated heterocycles. The first-order chi connectivity index (χ1) is 10.5. The van der Waals surface area contributed by atoms with Crippen molar-refractivity contribution in [3.8, 4) is 5.75 Å². The Labute approximate surface area is 137 Å². The lowest BCUT2D eigenvalue weighted by molar-refractivity contribution is -0.115. The number of hydrogen-bond acceptors (Lipinski definition) is 5. The molecule has 2 N–H and O–H groups in total. The molecule has 118 valence electrons. The molecule has 7 heteroatoms. The second kappa shape index (κ2) is 7.42. The molecule has 1 heterocycles. The van der Waals surface area contributed by atoms with E-state index in [0.717, 1.165) is 15.8 Å². The lowest BCUT2D eigenvalue weighted by Gasteiger charge is -2.15. The number of nitrogens with zero attached hydrogens (tertiary/aromatic N) is 1. The van der Waals surface area contributed by atoms with Gasteiger partial charge in [0.1, 0.15) is 11.5 Å². The predicted octanol–water partition coefficient (Wildman–Crippen LogP) is 3.04. The van der Waals surface area contributed by atoms with E-state index in [1.165, 1.54) is 0 Å². The maximum absolute atomic E-state index is 11.8. The molecule has 0 aliphatic rings. The summed E-state index contributed by atoms with van der Waals surface area (Å²) in [4.78, 5) is 11.8. The van der Waals surface area contributed by atoms with Gasteiger partial charge in [-0.05, 0) is 47.5 Å². The Morgan fingerprint density at radius 1 is 1.45 bits per heavy atom. The summed E-state index contributed by atoms with van der Waals surface area (Å²) in [7, 11) is 1.62. The summed E-state index contributed by atoms with van der Waals surface area (Å²) >= 11 is 3.45. The molecule has 0 bridgehead atoms. The number of nitrogens with one attached hydrogen (secondary N) is 2. The summed E-state index contributed by atoms with van der Waals surface area (Å²) in [5.74, 6) is 1.67. The first-order valence-electron chi connectivity index (χ1n) is 6.79. The molecule has 0 spiro atoms. The van der Waals surface area contributed by atoms with E-state index in [2.05, 4.69) is 31.7 Å². The van der Waals surface area contributed by atoms with E-state index >= 15 is 0 Å². The van der Waals surface area contributed by atoms with Crippen molar-refractivity contribution < 1.29 is 14.1 Å². The minimum Gasteiger partial charge on any atom is -0.496 e. The van der Waals surface area contributed by atoms with Crippen LogP contribution in [0, 0.1) is 6.92 Å². The molecule has 0 saturated carbocycles. The van der Waals surface area contributed by atoms with Gasteiger partial charge in [-0.2, -0.15) is 0 Å². The van der Waals surface area contributed by atoms with Gasteiger partial charge in [-0.1, -0.05) is 11.2 Å². The molecule has 2 aromatic rings. The normalized spacial score (nSPS) is 12.0. The van der Waals surface area contributed by atoms with Crippen LogP contribution in [0.2, 0.25) is 0 Å². The zero-order chi connectivity index (χ0) is 16.1. The highest BCUT2D eigenvalue weighted by Gasteiger charge is 2.11. The fourth-order valence-corrected chi connectivity index (χ4v) is 2.49. The fourth-order valence-electron chi connectivity index (χ4n) is 1.93. The van der Waals surface area contributed by atoms with Crippen LogP contribution in [0.4, 0.5) is 5.82 Å². The number of hydrogen-bond donors (Lipinski definition) is 2. The van der Waals surface area contributed by atoms with Crippen molar-refractivity contribution in [1.82, 2.24) is 10.5 Å². The van der Waals surface area contributed by atoms with Crippen LogP contribution in [0.5, 0.6) is 5.75 Å². The number of amides is 1. The number of aromatic nitrogens is 1. The minimum atomic E-state index is -0.173. The summed E-state index contributed by atoms with van der Waals surface area (Å²) < 4.78 is 11.0. The van der Waals surface area contributed by atoms with Gasteiger partial charge in [0.25, 0.3) is 0 Å². The monoisotopic (exact) mass is 367 g/mol. The SMILES string of the molecule is COc1ccc(C(C)NCC(=O)Nc2cc(C)on2)cc1Br. The van der Waals surface area contributed by atoms with Crippen LogP contribution in [-0.4, -0.2) is 24.7 Å². The number of carbonyl (C=O) groups is 1. The van der Waals surface area contributed by atoms with Crippen LogP contribution < -0.4 is 15.4 Å². The highest BCUT2D eigenvalue weighted by molar-refractivity contribution is 9.10. The predicted molar refractivity (Wildman–Crippen MR) is 87.0 cm³/mol. The smallest absolute Gasteiger partial charge is 0.239 e. The van der Waals surface area contributed by atoms with E-state index in [4.69, 9.17) is 9.26 Å². The summed E-state index contributed by atoms with van der Waals surface area (Å²) in [6, 6.07) is 7.50. The third-order valence-corrected chi connectivity index (χ3v) is 3.76. The Kier molecular flexibility index (Phi) is 5.57. The molecule has 1 unspecified atom stereocenters. The van der Waals surface area contributed by atoms with Crippen molar-refractivity contribution in [2.75, 3.05) is 19.0 Å². The van der Waals surface area contributed by atoms with E-state index in [1.54, 1.807) is 20.1 Å². The van der Waals surface area contributed by atoms with Crippen LogP contribution >= 0.6 is 15.9 Å². The molecule has 22 heavy (non-hydrogen) atoms. The summed E-state index contributed by atoms with van der Waals surface area (Å²) in [6.45, 7) is 3.93. The Balaban J connectivity index is 1.88. The van der Waals surface area contributed by atoms with Crippen molar-refractivity contribution in [2.45, 2.75) is 19.9 Å².